The van der Waals surface area contributed by atoms with Gasteiger partial charge in [0.05, 0.1) is 17.6 Å². The Morgan fingerprint density at radius 2 is 2.20 bits per heavy atom. The first kappa shape index (κ1) is 12.9. The summed E-state index contributed by atoms with van der Waals surface area (Å²) in [4.78, 5) is 8.84. The molecule has 0 aliphatic carbocycles. The maximum Gasteiger partial charge on any atom is 0.238 e. The van der Waals surface area contributed by atoms with Crippen molar-refractivity contribution in [2.24, 2.45) is 10.7 Å². The highest BCUT2D eigenvalue weighted by Crippen LogP contribution is 2.28. The molecule has 3 N–H and O–H groups in total. The second kappa shape index (κ2) is 5.50. The van der Waals surface area contributed by atoms with Crippen LogP contribution in [0.2, 0.25) is 0 Å². The third kappa shape index (κ3) is 2.34. The first-order valence-electron chi connectivity index (χ1n) is 6.98. The SMILES string of the molecule is CCCCCO[C@H]1N=C(N)Nc2nc3ccccc3n21. The van der Waals surface area contributed by atoms with Gasteiger partial charge in [-0.25, -0.2) is 4.98 Å². The summed E-state index contributed by atoms with van der Waals surface area (Å²) in [5.41, 5.74) is 7.69. The zero-order chi connectivity index (χ0) is 13.9. The van der Waals surface area contributed by atoms with E-state index in [0.29, 0.717) is 18.5 Å². The topological polar surface area (TPSA) is 77.5 Å². The van der Waals surface area contributed by atoms with Gasteiger partial charge in [0, 0.05) is 0 Å². The van der Waals surface area contributed by atoms with E-state index in [9.17, 15) is 0 Å². The van der Waals surface area contributed by atoms with Crippen LogP contribution < -0.4 is 11.1 Å². The number of nitrogens with one attached hydrogen (secondary N) is 1. The maximum atomic E-state index is 5.86. The van der Waals surface area contributed by atoms with E-state index in [1.165, 1.54) is 6.42 Å². The van der Waals surface area contributed by atoms with Crippen LogP contribution in [0.1, 0.15) is 32.5 Å². The predicted octanol–water partition coefficient (Wildman–Crippen LogP) is 2.44. The van der Waals surface area contributed by atoms with Crippen molar-refractivity contribution in [1.82, 2.24) is 9.55 Å². The fraction of sp³-hybridized carbons (Fsp3) is 0.429. The Morgan fingerprint density at radius 3 is 3.05 bits per heavy atom. The van der Waals surface area contributed by atoms with Crippen LogP contribution in [0.4, 0.5) is 5.95 Å². The molecule has 0 radical (unpaired) electrons. The van der Waals surface area contributed by atoms with Gasteiger partial charge in [-0.1, -0.05) is 31.9 Å². The van der Waals surface area contributed by atoms with Crippen molar-refractivity contribution in [2.75, 3.05) is 11.9 Å². The van der Waals surface area contributed by atoms with Crippen LogP contribution in [0.5, 0.6) is 0 Å². The zero-order valence-electron chi connectivity index (χ0n) is 11.5. The number of guanidine groups is 1. The Bertz CT molecular complexity index is 634. The van der Waals surface area contributed by atoms with Crippen molar-refractivity contribution in [3.05, 3.63) is 24.3 Å². The van der Waals surface area contributed by atoms with Crippen molar-refractivity contribution in [2.45, 2.75) is 32.5 Å². The van der Waals surface area contributed by atoms with Gasteiger partial charge in [0.1, 0.15) is 0 Å². The standard InChI is InChI=1S/C14H19N5O/c1-2-3-6-9-20-14-18-12(15)17-13-16-10-7-4-5-8-11(10)19(13)14/h4-5,7-8,14H,2-3,6,9H2,1H3,(H3,15,16,17,18)/t14-/m0/s1. The third-order valence-corrected chi connectivity index (χ3v) is 3.32. The number of nitrogens with two attached hydrogens (primary N) is 1. The lowest BCUT2D eigenvalue weighted by atomic mass is 10.3. The van der Waals surface area contributed by atoms with Crippen LogP contribution >= 0.6 is 0 Å². The van der Waals surface area contributed by atoms with E-state index in [-0.39, 0.29) is 0 Å². The van der Waals surface area contributed by atoms with Crippen LogP contribution in [0.15, 0.2) is 29.3 Å². The molecule has 2 aromatic rings. The van der Waals surface area contributed by atoms with Gasteiger partial charge in [0.25, 0.3) is 0 Å². The minimum Gasteiger partial charge on any atom is -0.369 e. The molecule has 2 heterocycles. The summed E-state index contributed by atoms with van der Waals surface area (Å²) in [6.45, 7) is 2.84. The molecule has 0 unspecified atom stereocenters. The summed E-state index contributed by atoms with van der Waals surface area (Å²) >= 11 is 0. The van der Waals surface area contributed by atoms with E-state index in [1.54, 1.807) is 0 Å². The number of aliphatic imine (C=N–C) groups is 1. The molecule has 20 heavy (non-hydrogen) atoms. The molecule has 3 rings (SSSR count). The van der Waals surface area contributed by atoms with E-state index in [2.05, 4.69) is 22.2 Å². The fourth-order valence-corrected chi connectivity index (χ4v) is 2.33. The second-order valence-electron chi connectivity index (χ2n) is 4.84. The van der Waals surface area contributed by atoms with Crippen LogP contribution in [-0.4, -0.2) is 22.1 Å². The molecule has 1 aromatic carbocycles. The number of rotatable bonds is 5. The van der Waals surface area contributed by atoms with E-state index in [0.717, 1.165) is 23.9 Å². The van der Waals surface area contributed by atoms with E-state index >= 15 is 0 Å². The lowest BCUT2D eigenvalue weighted by molar-refractivity contribution is 0.00987. The third-order valence-electron chi connectivity index (χ3n) is 3.32. The fourth-order valence-electron chi connectivity index (χ4n) is 2.33. The summed E-state index contributed by atoms with van der Waals surface area (Å²) in [5, 5.41) is 2.98. The van der Waals surface area contributed by atoms with Gasteiger partial charge < -0.3 is 10.5 Å². The van der Waals surface area contributed by atoms with Crippen molar-refractivity contribution < 1.29 is 4.74 Å². The van der Waals surface area contributed by atoms with Gasteiger partial charge in [-0.15, -0.1) is 0 Å². The number of aromatic nitrogens is 2. The lowest BCUT2D eigenvalue weighted by Crippen LogP contribution is -2.32. The van der Waals surface area contributed by atoms with Crippen molar-refractivity contribution >= 4 is 22.9 Å². The summed E-state index contributed by atoms with van der Waals surface area (Å²) in [5.74, 6) is 1.02. The smallest absolute Gasteiger partial charge is 0.238 e. The summed E-state index contributed by atoms with van der Waals surface area (Å²) in [6, 6.07) is 7.91. The summed E-state index contributed by atoms with van der Waals surface area (Å²) in [7, 11) is 0. The Balaban J connectivity index is 1.88. The van der Waals surface area contributed by atoms with Crippen LogP contribution in [-0.2, 0) is 4.74 Å². The van der Waals surface area contributed by atoms with Gasteiger partial charge in [0.2, 0.25) is 12.3 Å². The average Bonchev–Trinajstić information content (AvgIpc) is 2.81. The maximum absolute atomic E-state index is 5.86. The molecule has 0 spiro atoms. The number of hydrogen-bond acceptors (Lipinski definition) is 5. The van der Waals surface area contributed by atoms with Crippen molar-refractivity contribution in [1.29, 1.82) is 0 Å². The molecule has 6 heteroatoms. The molecule has 0 bridgehead atoms. The molecule has 0 saturated carbocycles. The number of unbranched alkanes of at least 4 members (excludes halogenated alkanes) is 2. The molecule has 1 aliphatic heterocycles. The first-order valence-corrected chi connectivity index (χ1v) is 6.98. The monoisotopic (exact) mass is 273 g/mol. The Kier molecular flexibility index (Phi) is 3.56. The molecular weight excluding hydrogens is 254 g/mol. The van der Waals surface area contributed by atoms with Crippen LogP contribution in [0, 0.1) is 0 Å². The minimum absolute atomic E-state index is 0.341. The second-order valence-corrected chi connectivity index (χ2v) is 4.84. The van der Waals surface area contributed by atoms with Crippen molar-refractivity contribution in [3.63, 3.8) is 0 Å². The van der Waals surface area contributed by atoms with Gasteiger partial charge in [-0.2, -0.15) is 4.99 Å². The lowest BCUT2D eigenvalue weighted by Gasteiger charge is -2.23. The van der Waals surface area contributed by atoms with Crippen molar-refractivity contribution in [3.8, 4) is 0 Å². The van der Waals surface area contributed by atoms with Gasteiger partial charge >= 0.3 is 0 Å². The Labute approximate surface area is 117 Å². The molecule has 0 saturated heterocycles. The molecule has 0 fully saturated rings. The molecule has 106 valence electrons. The molecule has 1 aromatic heterocycles. The average molecular weight is 273 g/mol. The highest BCUT2D eigenvalue weighted by Gasteiger charge is 2.23. The highest BCUT2D eigenvalue weighted by molar-refractivity contribution is 5.94. The first-order chi connectivity index (χ1) is 9.79. The van der Waals surface area contributed by atoms with E-state index in [1.807, 2.05) is 28.8 Å². The Hall–Kier alpha value is -2.08. The molecule has 1 atom stereocenters. The number of ether oxygens (including phenoxy) is 1. The summed E-state index contributed by atoms with van der Waals surface area (Å²) < 4.78 is 7.81. The van der Waals surface area contributed by atoms with Crippen LogP contribution in [0.3, 0.4) is 0 Å². The summed E-state index contributed by atoms with van der Waals surface area (Å²) in [6.07, 6.45) is 2.91. The zero-order valence-corrected chi connectivity index (χ0v) is 11.5. The normalized spacial score (nSPS) is 17.6. The molecule has 6 nitrogen and oxygen atoms in total. The van der Waals surface area contributed by atoms with E-state index in [4.69, 9.17) is 10.5 Å². The highest BCUT2D eigenvalue weighted by atomic mass is 16.5. The molecular formula is C14H19N5O. The Morgan fingerprint density at radius 1 is 1.35 bits per heavy atom. The molecule has 0 amide bonds. The minimum atomic E-state index is -0.435. The quantitative estimate of drug-likeness (QED) is 0.820. The largest absolute Gasteiger partial charge is 0.369 e. The van der Waals surface area contributed by atoms with Gasteiger partial charge in [0.15, 0.2) is 5.96 Å². The van der Waals surface area contributed by atoms with E-state index < -0.39 is 6.35 Å². The van der Waals surface area contributed by atoms with Crippen LogP contribution in [0.25, 0.3) is 11.0 Å². The number of imidazole rings is 1. The number of fused-ring (bicyclic) bond motifs is 3. The predicted molar refractivity (Wildman–Crippen MR) is 79.5 cm³/mol. The number of para-hydroxylation sites is 2. The van der Waals surface area contributed by atoms with Gasteiger partial charge in [-0.05, 0) is 18.6 Å². The number of benzene rings is 1. The number of nitrogens with zero attached hydrogens (tertiary/aromatic N) is 3. The van der Waals surface area contributed by atoms with Gasteiger partial charge in [-0.3, -0.25) is 9.88 Å². The number of hydrogen-bond donors (Lipinski definition) is 2. The molecule has 1 aliphatic rings. The number of anilines is 1.